The molecule has 2 nitrogen and oxygen atoms in total. The van der Waals surface area contributed by atoms with Crippen LogP contribution in [-0.2, 0) is 19.4 Å². The second kappa shape index (κ2) is 4.77. The third-order valence-corrected chi connectivity index (χ3v) is 3.10. The molecule has 2 rings (SSSR count). The molecule has 0 aliphatic carbocycles. The summed E-state index contributed by atoms with van der Waals surface area (Å²) in [6, 6.07) is 6.65. The summed E-state index contributed by atoms with van der Waals surface area (Å²) in [5.74, 6) is 0. The van der Waals surface area contributed by atoms with E-state index in [0.717, 1.165) is 13.0 Å². The minimum Gasteiger partial charge on any atom is -0.396 e. The Labute approximate surface area is 91.5 Å². The van der Waals surface area contributed by atoms with Crippen LogP contribution in [0.2, 0.25) is 0 Å². The van der Waals surface area contributed by atoms with Gasteiger partial charge in [-0.1, -0.05) is 18.2 Å². The quantitative estimate of drug-likeness (QED) is 0.792. The number of aliphatic hydroxyl groups excluding tert-OH is 1. The summed E-state index contributed by atoms with van der Waals surface area (Å²) in [5.41, 5.74) is 4.19. The Balaban J connectivity index is 2.25. The highest BCUT2D eigenvalue weighted by Gasteiger charge is 2.11. The number of nitrogens with zero attached hydrogens (tertiary/aromatic N) is 1. The van der Waals surface area contributed by atoms with Crippen LogP contribution in [0.15, 0.2) is 18.2 Å². The van der Waals surface area contributed by atoms with Crippen molar-refractivity contribution < 1.29 is 5.11 Å². The van der Waals surface area contributed by atoms with Crippen LogP contribution >= 0.6 is 0 Å². The summed E-state index contributed by atoms with van der Waals surface area (Å²) in [5, 5.41) is 8.92. The van der Waals surface area contributed by atoms with Gasteiger partial charge in [0.05, 0.1) is 0 Å². The van der Waals surface area contributed by atoms with E-state index < -0.39 is 0 Å². The first-order chi connectivity index (χ1) is 7.29. The van der Waals surface area contributed by atoms with Crippen molar-refractivity contribution in [3.05, 3.63) is 34.9 Å². The second-order valence-electron chi connectivity index (χ2n) is 4.42. The summed E-state index contributed by atoms with van der Waals surface area (Å²) in [7, 11) is 2.17. The van der Waals surface area contributed by atoms with Crippen molar-refractivity contribution >= 4 is 0 Å². The molecule has 2 heteroatoms. The van der Waals surface area contributed by atoms with Crippen LogP contribution in [0.1, 0.15) is 23.1 Å². The van der Waals surface area contributed by atoms with E-state index in [2.05, 4.69) is 30.1 Å². The van der Waals surface area contributed by atoms with Gasteiger partial charge in [0.15, 0.2) is 0 Å². The summed E-state index contributed by atoms with van der Waals surface area (Å²) >= 11 is 0. The van der Waals surface area contributed by atoms with Crippen molar-refractivity contribution in [2.45, 2.75) is 25.8 Å². The average molecular weight is 205 g/mol. The maximum atomic E-state index is 8.92. The second-order valence-corrected chi connectivity index (χ2v) is 4.42. The zero-order valence-electron chi connectivity index (χ0n) is 9.37. The van der Waals surface area contributed by atoms with Crippen LogP contribution in [0.3, 0.4) is 0 Å². The normalized spacial score (nSPS) is 17.2. The number of aryl methyl sites for hydroxylation is 1. The fourth-order valence-corrected chi connectivity index (χ4v) is 2.26. The van der Waals surface area contributed by atoms with E-state index in [1.165, 1.54) is 36.1 Å². The third kappa shape index (κ3) is 2.58. The Morgan fingerprint density at radius 3 is 3.00 bits per heavy atom. The van der Waals surface area contributed by atoms with Gasteiger partial charge < -0.3 is 10.0 Å². The van der Waals surface area contributed by atoms with Crippen LogP contribution < -0.4 is 0 Å². The van der Waals surface area contributed by atoms with Gasteiger partial charge in [-0.25, -0.2) is 0 Å². The van der Waals surface area contributed by atoms with Crippen LogP contribution in [-0.4, -0.2) is 30.2 Å². The first kappa shape index (κ1) is 10.7. The smallest absolute Gasteiger partial charge is 0.0471 e. The molecular weight excluding hydrogens is 186 g/mol. The fourth-order valence-electron chi connectivity index (χ4n) is 2.26. The van der Waals surface area contributed by atoms with E-state index in [1.807, 2.05) is 0 Å². The van der Waals surface area contributed by atoms with Crippen molar-refractivity contribution in [2.24, 2.45) is 0 Å². The summed E-state index contributed by atoms with van der Waals surface area (Å²) in [4.78, 5) is 2.37. The third-order valence-electron chi connectivity index (χ3n) is 3.10. The van der Waals surface area contributed by atoms with Crippen molar-refractivity contribution in [2.75, 3.05) is 20.2 Å². The van der Waals surface area contributed by atoms with E-state index in [4.69, 9.17) is 5.11 Å². The van der Waals surface area contributed by atoms with Gasteiger partial charge >= 0.3 is 0 Å². The SMILES string of the molecule is CN1CCCc2ccc(CCO)cc2C1. The van der Waals surface area contributed by atoms with Crippen LogP contribution in [0.25, 0.3) is 0 Å². The maximum absolute atomic E-state index is 8.92. The lowest BCUT2D eigenvalue weighted by atomic mass is 10.00. The molecule has 0 aromatic heterocycles. The average Bonchev–Trinajstić information content (AvgIpc) is 2.38. The molecule has 82 valence electrons. The standard InChI is InChI=1S/C13H19NO/c1-14-7-2-3-12-5-4-11(6-8-15)9-13(12)10-14/h4-5,9,15H,2-3,6-8,10H2,1H3. The lowest BCUT2D eigenvalue weighted by Gasteiger charge is -2.14. The van der Waals surface area contributed by atoms with Gasteiger partial charge in [-0.3, -0.25) is 0 Å². The number of hydrogen-bond acceptors (Lipinski definition) is 2. The lowest BCUT2D eigenvalue weighted by molar-refractivity contribution is 0.299. The molecule has 0 bridgehead atoms. The van der Waals surface area contributed by atoms with Gasteiger partial charge in [-0.2, -0.15) is 0 Å². The Bertz CT molecular complexity index is 335. The van der Waals surface area contributed by atoms with Crippen LogP contribution in [0.4, 0.5) is 0 Å². The summed E-state index contributed by atoms with van der Waals surface area (Å²) in [6.07, 6.45) is 3.22. The fraction of sp³-hybridized carbons (Fsp3) is 0.538. The van der Waals surface area contributed by atoms with Crippen LogP contribution in [0.5, 0.6) is 0 Å². The lowest BCUT2D eigenvalue weighted by Crippen LogP contribution is -2.17. The van der Waals surface area contributed by atoms with E-state index in [-0.39, 0.29) is 6.61 Å². The largest absolute Gasteiger partial charge is 0.396 e. The summed E-state index contributed by atoms with van der Waals surface area (Å²) < 4.78 is 0. The molecule has 0 spiro atoms. The van der Waals surface area contributed by atoms with Gasteiger partial charge in [0.1, 0.15) is 0 Å². The molecule has 1 N–H and O–H groups in total. The minimum atomic E-state index is 0.245. The van der Waals surface area contributed by atoms with E-state index >= 15 is 0 Å². The molecule has 1 aromatic rings. The molecule has 1 aliphatic heterocycles. The molecular formula is C13H19NO. The predicted molar refractivity (Wildman–Crippen MR) is 61.9 cm³/mol. The van der Waals surface area contributed by atoms with Gasteiger partial charge in [-0.05, 0) is 49.5 Å². The van der Waals surface area contributed by atoms with E-state index in [9.17, 15) is 0 Å². The molecule has 0 atom stereocenters. The molecule has 0 fully saturated rings. The zero-order valence-corrected chi connectivity index (χ0v) is 9.37. The monoisotopic (exact) mass is 205 g/mol. The molecule has 1 aliphatic rings. The Morgan fingerprint density at radius 1 is 1.33 bits per heavy atom. The van der Waals surface area contributed by atoms with Crippen molar-refractivity contribution in [3.8, 4) is 0 Å². The molecule has 0 unspecified atom stereocenters. The molecule has 0 saturated carbocycles. The summed E-state index contributed by atoms with van der Waals surface area (Å²) in [6.45, 7) is 2.48. The van der Waals surface area contributed by atoms with Gasteiger partial charge in [0.2, 0.25) is 0 Å². The number of aliphatic hydroxyl groups is 1. The minimum absolute atomic E-state index is 0.245. The van der Waals surface area contributed by atoms with Crippen molar-refractivity contribution in [1.29, 1.82) is 0 Å². The van der Waals surface area contributed by atoms with Crippen molar-refractivity contribution in [1.82, 2.24) is 4.90 Å². The van der Waals surface area contributed by atoms with Gasteiger partial charge in [0.25, 0.3) is 0 Å². The van der Waals surface area contributed by atoms with Gasteiger partial charge in [-0.15, -0.1) is 0 Å². The first-order valence-electron chi connectivity index (χ1n) is 5.69. The Kier molecular flexibility index (Phi) is 3.39. The highest BCUT2D eigenvalue weighted by molar-refractivity contribution is 5.33. The number of fused-ring (bicyclic) bond motifs is 1. The van der Waals surface area contributed by atoms with E-state index in [1.54, 1.807) is 0 Å². The Hall–Kier alpha value is -0.860. The molecule has 15 heavy (non-hydrogen) atoms. The zero-order chi connectivity index (χ0) is 10.7. The number of rotatable bonds is 2. The number of hydrogen-bond donors (Lipinski definition) is 1. The van der Waals surface area contributed by atoms with Gasteiger partial charge in [0, 0.05) is 13.2 Å². The predicted octanol–water partition coefficient (Wildman–Crippen LogP) is 1.60. The topological polar surface area (TPSA) is 23.5 Å². The molecule has 0 saturated heterocycles. The van der Waals surface area contributed by atoms with Crippen molar-refractivity contribution in [3.63, 3.8) is 0 Å². The molecule has 1 heterocycles. The molecule has 0 amide bonds. The molecule has 0 radical (unpaired) electrons. The Morgan fingerprint density at radius 2 is 2.20 bits per heavy atom. The highest BCUT2D eigenvalue weighted by atomic mass is 16.2. The maximum Gasteiger partial charge on any atom is 0.0471 e. The van der Waals surface area contributed by atoms with E-state index in [0.29, 0.717) is 0 Å². The first-order valence-corrected chi connectivity index (χ1v) is 5.69. The molecule has 1 aromatic carbocycles. The highest BCUT2D eigenvalue weighted by Crippen LogP contribution is 2.19. The number of benzene rings is 1. The van der Waals surface area contributed by atoms with Crippen LogP contribution in [0, 0.1) is 0 Å².